The van der Waals surface area contributed by atoms with Gasteiger partial charge in [0, 0.05) is 37.6 Å². The molecular weight excluding hydrogens is 300 g/mol. The lowest BCUT2D eigenvalue weighted by molar-refractivity contribution is -0.135. The Hall–Kier alpha value is -2.14. The van der Waals surface area contributed by atoms with Gasteiger partial charge >= 0.3 is 0 Å². The van der Waals surface area contributed by atoms with Crippen molar-refractivity contribution in [3.63, 3.8) is 0 Å². The standard InChI is InChI=1S/C19H22N4O/c1-21-13-14-12-16(23-11-5-8-19(14,23)18(21)24)15-6-4-10-22(15)17-7-2-3-9-20-17/h2-4,6-7,9-10,14,16H,5,8,11-13H2,1H3/t14-,16-,19-/m0/s1. The molecule has 5 heteroatoms. The monoisotopic (exact) mass is 322 g/mol. The zero-order valence-corrected chi connectivity index (χ0v) is 13.9. The second-order valence-corrected chi connectivity index (χ2v) is 7.35. The van der Waals surface area contributed by atoms with Crippen molar-refractivity contribution in [1.82, 2.24) is 19.4 Å². The van der Waals surface area contributed by atoms with E-state index in [2.05, 4.69) is 32.8 Å². The molecule has 3 aliphatic heterocycles. The summed E-state index contributed by atoms with van der Waals surface area (Å²) in [5.74, 6) is 1.74. The Bertz CT molecular complexity index is 786. The zero-order valence-electron chi connectivity index (χ0n) is 13.9. The van der Waals surface area contributed by atoms with Gasteiger partial charge in [-0.2, -0.15) is 0 Å². The number of rotatable bonds is 2. The number of likely N-dealkylation sites (tertiary alicyclic amines) is 1. The van der Waals surface area contributed by atoms with E-state index in [4.69, 9.17) is 0 Å². The molecule has 0 aromatic carbocycles. The van der Waals surface area contributed by atoms with Gasteiger partial charge in [-0.15, -0.1) is 0 Å². The zero-order chi connectivity index (χ0) is 16.3. The summed E-state index contributed by atoms with van der Waals surface area (Å²) in [6, 6.07) is 10.6. The Morgan fingerprint density at radius 1 is 1.25 bits per heavy atom. The molecular formula is C19H22N4O. The number of carbonyl (C=O) groups excluding carboxylic acids is 1. The average molecular weight is 322 g/mol. The van der Waals surface area contributed by atoms with E-state index < -0.39 is 0 Å². The molecule has 0 bridgehead atoms. The van der Waals surface area contributed by atoms with Crippen LogP contribution in [-0.2, 0) is 4.79 Å². The first-order valence-electron chi connectivity index (χ1n) is 8.83. The molecule has 2 aromatic rings. The van der Waals surface area contributed by atoms with E-state index in [1.54, 1.807) is 0 Å². The number of amides is 1. The largest absolute Gasteiger partial charge is 0.344 e. The summed E-state index contributed by atoms with van der Waals surface area (Å²) in [5.41, 5.74) is 1.03. The van der Waals surface area contributed by atoms with Crippen LogP contribution in [0.15, 0.2) is 42.7 Å². The minimum atomic E-state index is -0.237. The number of aromatic nitrogens is 2. The van der Waals surface area contributed by atoms with Gasteiger partial charge in [-0.05, 0) is 50.1 Å². The smallest absolute Gasteiger partial charge is 0.243 e. The minimum absolute atomic E-state index is 0.237. The highest BCUT2D eigenvalue weighted by molar-refractivity contribution is 5.90. The molecule has 0 unspecified atom stereocenters. The molecule has 1 amide bonds. The maximum Gasteiger partial charge on any atom is 0.243 e. The number of nitrogens with zero attached hydrogens (tertiary/aromatic N) is 4. The predicted octanol–water partition coefficient (Wildman–Crippen LogP) is 2.24. The van der Waals surface area contributed by atoms with E-state index in [0.717, 1.165) is 38.2 Å². The molecule has 1 spiro atoms. The van der Waals surface area contributed by atoms with Crippen molar-refractivity contribution in [2.45, 2.75) is 30.8 Å². The summed E-state index contributed by atoms with van der Waals surface area (Å²) >= 11 is 0. The Balaban J connectivity index is 1.57. The van der Waals surface area contributed by atoms with Crippen molar-refractivity contribution in [1.29, 1.82) is 0 Å². The third kappa shape index (κ3) is 1.68. The summed E-state index contributed by atoms with van der Waals surface area (Å²) in [5, 5.41) is 0. The lowest BCUT2D eigenvalue weighted by Gasteiger charge is -2.33. The second kappa shape index (κ2) is 4.93. The molecule has 5 heterocycles. The fourth-order valence-corrected chi connectivity index (χ4v) is 5.35. The van der Waals surface area contributed by atoms with Crippen LogP contribution < -0.4 is 0 Å². The van der Waals surface area contributed by atoms with Gasteiger partial charge < -0.3 is 9.47 Å². The quantitative estimate of drug-likeness (QED) is 0.851. The van der Waals surface area contributed by atoms with Crippen LogP contribution in [-0.4, -0.2) is 50.9 Å². The lowest BCUT2D eigenvalue weighted by atomic mass is 9.85. The van der Waals surface area contributed by atoms with E-state index in [1.807, 2.05) is 36.3 Å². The van der Waals surface area contributed by atoms with Crippen molar-refractivity contribution in [3.05, 3.63) is 48.4 Å². The van der Waals surface area contributed by atoms with Gasteiger partial charge in [-0.1, -0.05) is 6.07 Å². The Kier molecular flexibility index (Phi) is 2.92. The third-order valence-corrected chi connectivity index (χ3v) is 6.26. The molecule has 3 saturated heterocycles. The summed E-state index contributed by atoms with van der Waals surface area (Å²) in [6.45, 7) is 1.92. The number of hydrogen-bond donors (Lipinski definition) is 0. The maximum atomic E-state index is 12.9. The highest BCUT2D eigenvalue weighted by atomic mass is 16.2. The van der Waals surface area contributed by atoms with Crippen LogP contribution in [0.25, 0.3) is 5.82 Å². The Morgan fingerprint density at radius 3 is 3.00 bits per heavy atom. The van der Waals surface area contributed by atoms with Gasteiger partial charge in [-0.25, -0.2) is 4.98 Å². The fraction of sp³-hybridized carbons (Fsp3) is 0.474. The van der Waals surface area contributed by atoms with E-state index in [-0.39, 0.29) is 5.54 Å². The lowest BCUT2D eigenvalue weighted by Crippen LogP contribution is -2.49. The third-order valence-electron chi connectivity index (χ3n) is 6.26. The molecule has 0 aliphatic carbocycles. The summed E-state index contributed by atoms with van der Waals surface area (Å²) in [6.07, 6.45) is 7.12. The van der Waals surface area contributed by atoms with E-state index in [0.29, 0.717) is 17.9 Å². The molecule has 3 fully saturated rings. The number of hydrogen-bond acceptors (Lipinski definition) is 3. The van der Waals surface area contributed by atoms with E-state index in [1.165, 1.54) is 5.69 Å². The number of pyridine rings is 1. The van der Waals surface area contributed by atoms with Crippen LogP contribution in [0, 0.1) is 5.92 Å². The molecule has 3 aliphatic rings. The van der Waals surface area contributed by atoms with Crippen molar-refractivity contribution in [3.8, 4) is 5.82 Å². The number of carbonyl (C=O) groups is 1. The van der Waals surface area contributed by atoms with Crippen LogP contribution in [0.4, 0.5) is 0 Å². The van der Waals surface area contributed by atoms with Crippen molar-refractivity contribution < 1.29 is 4.79 Å². The van der Waals surface area contributed by atoms with Crippen molar-refractivity contribution >= 4 is 5.91 Å². The molecule has 5 nitrogen and oxygen atoms in total. The highest BCUT2D eigenvalue weighted by Gasteiger charge is 2.64. The van der Waals surface area contributed by atoms with E-state index in [9.17, 15) is 4.79 Å². The van der Waals surface area contributed by atoms with E-state index >= 15 is 0 Å². The normalized spacial score (nSPS) is 32.4. The van der Waals surface area contributed by atoms with Gasteiger partial charge in [0.25, 0.3) is 0 Å². The molecule has 0 radical (unpaired) electrons. The topological polar surface area (TPSA) is 41.4 Å². The second-order valence-electron chi connectivity index (χ2n) is 7.35. The molecule has 124 valence electrons. The number of likely N-dealkylation sites (N-methyl/N-ethyl adjacent to an activating group) is 1. The first-order valence-corrected chi connectivity index (χ1v) is 8.83. The summed E-state index contributed by atoms with van der Waals surface area (Å²) in [4.78, 5) is 21.9. The van der Waals surface area contributed by atoms with Gasteiger partial charge in [-0.3, -0.25) is 9.69 Å². The van der Waals surface area contributed by atoms with Gasteiger partial charge in [0.2, 0.25) is 5.91 Å². The molecule has 3 atom stereocenters. The highest BCUT2D eigenvalue weighted by Crippen LogP contribution is 2.55. The molecule has 0 saturated carbocycles. The molecule has 5 rings (SSSR count). The van der Waals surface area contributed by atoms with Gasteiger partial charge in [0.15, 0.2) is 0 Å². The SMILES string of the molecule is CN1C[C@@H]2C[C@@H](c3cccn3-c3ccccn3)N3CCC[C@@]23C1=O. The minimum Gasteiger partial charge on any atom is -0.344 e. The van der Waals surface area contributed by atoms with Crippen LogP contribution in [0.5, 0.6) is 0 Å². The van der Waals surface area contributed by atoms with Crippen molar-refractivity contribution in [2.75, 3.05) is 20.1 Å². The maximum absolute atomic E-state index is 12.9. The summed E-state index contributed by atoms with van der Waals surface area (Å²) < 4.78 is 2.19. The van der Waals surface area contributed by atoms with Crippen LogP contribution >= 0.6 is 0 Å². The fourth-order valence-electron chi connectivity index (χ4n) is 5.35. The molecule has 0 N–H and O–H groups in total. The summed E-state index contributed by atoms with van der Waals surface area (Å²) in [7, 11) is 1.96. The Labute approximate surface area is 141 Å². The first-order chi connectivity index (χ1) is 11.7. The van der Waals surface area contributed by atoms with Crippen LogP contribution in [0.2, 0.25) is 0 Å². The predicted molar refractivity (Wildman–Crippen MR) is 90.7 cm³/mol. The first kappa shape index (κ1) is 14.2. The molecule has 24 heavy (non-hydrogen) atoms. The van der Waals surface area contributed by atoms with Crippen molar-refractivity contribution in [2.24, 2.45) is 5.92 Å². The van der Waals surface area contributed by atoms with Gasteiger partial charge in [0.1, 0.15) is 11.4 Å². The average Bonchev–Trinajstić information content (AvgIpc) is 3.33. The Morgan fingerprint density at radius 2 is 2.17 bits per heavy atom. The van der Waals surface area contributed by atoms with Gasteiger partial charge in [0.05, 0.1) is 6.04 Å². The van der Waals surface area contributed by atoms with Crippen LogP contribution in [0.1, 0.15) is 31.0 Å². The van der Waals surface area contributed by atoms with Crippen LogP contribution in [0.3, 0.4) is 0 Å². The molecule has 2 aromatic heterocycles.